The van der Waals surface area contributed by atoms with E-state index in [0.717, 1.165) is 25.3 Å². The molecule has 106 valence electrons. The lowest BCUT2D eigenvalue weighted by Gasteiger charge is -2.36. The lowest BCUT2D eigenvalue weighted by atomic mass is 10.1. The van der Waals surface area contributed by atoms with Crippen LogP contribution in [-0.2, 0) is 6.54 Å². The third-order valence-corrected chi connectivity index (χ3v) is 4.09. The lowest BCUT2D eigenvalue weighted by molar-refractivity contribution is 0.721. The molecule has 5 nitrogen and oxygen atoms in total. The number of rotatable bonds is 2. The Morgan fingerprint density at radius 2 is 1.95 bits per heavy atom. The van der Waals surface area contributed by atoms with Crippen molar-refractivity contribution < 1.29 is 0 Å². The molecule has 5 heteroatoms. The fraction of sp³-hybridized carbons (Fsp3) is 0.250. The van der Waals surface area contributed by atoms with E-state index in [0.29, 0.717) is 0 Å². The Morgan fingerprint density at radius 1 is 1.10 bits per heavy atom. The summed E-state index contributed by atoms with van der Waals surface area (Å²) in [5.74, 6) is 0. The van der Waals surface area contributed by atoms with E-state index < -0.39 is 0 Å². The largest absolute Gasteiger partial charge is 0.371 e. The highest BCUT2D eigenvalue weighted by Crippen LogP contribution is 2.32. The van der Waals surface area contributed by atoms with E-state index in [4.69, 9.17) is 0 Å². The molecule has 0 aliphatic carbocycles. The second-order valence-corrected chi connectivity index (χ2v) is 5.39. The fourth-order valence-electron chi connectivity index (χ4n) is 2.94. The maximum absolute atomic E-state index is 4.42. The van der Waals surface area contributed by atoms with Gasteiger partial charge in [0.25, 0.3) is 0 Å². The number of imidazole rings is 1. The zero-order chi connectivity index (χ0) is 14.2. The summed E-state index contributed by atoms with van der Waals surface area (Å²) < 4.78 is 2.11. The molecule has 0 bridgehead atoms. The van der Waals surface area contributed by atoms with E-state index in [1.54, 1.807) is 12.4 Å². The molecule has 2 aromatic heterocycles. The minimum atomic E-state index is 0.857. The predicted molar refractivity (Wildman–Crippen MR) is 83.7 cm³/mol. The van der Waals surface area contributed by atoms with Gasteiger partial charge in [-0.05, 0) is 12.1 Å². The topological polar surface area (TPSA) is 36.7 Å². The van der Waals surface area contributed by atoms with Crippen molar-refractivity contribution in [2.45, 2.75) is 6.54 Å². The Morgan fingerprint density at radius 3 is 2.86 bits per heavy atom. The molecule has 1 aliphatic rings. The first-order valence-electron chi connectivity index (χ1n) is 7.14. The van der Waals surface area contributed by atoms with Gasteiger partial charge in [0.1, 0.15) is 0 Å². The third-order valence-electron chi connectivity index (χ3n) is 4.09. The summed E-state index contributed by atoms with van der Waals surface area (Å²) in [7, 11) is 2.15. The number of likely N-dealkylation sites (N-methyl/N-ethyl adjacent to an activating group) is 1. The number of hydrogen-bond acceptors (Lipinski definition) is 4. The molecule has 0 spiro atoms. The van der Waals surface area contributed by atoms with Crippen molar-refractivity contribution in [1.82, 2.24) is 14.4 Å². The Bertz CT molecular complexity index is 779. The number of para-hydroxylation sites is 2. The second kappa shape index (κ2) is 4.77. The van der Waals surface area contributed by atoms with Crippen LogP contribution in [0.3, 0.4) is 0 Å². The average molecular weight is 279 g/mol. The highest BCUT2D eigenvalue weighted by atomic mass is 15.3. The zero-order valence-corrected chi connectivity index (χ0v) is 12.0. The van der Waals surface area contributed by atoms with Gasteiger partial charge in [-0.15, -0.1) is 0 Å². The lowest BCUT2D eigenvalue weighted by Crippen LogP contribution is -2.38. The smallest absolute Gasteiger partial charge is 0.155 e. The van der Waals surface area contributed by atoms with Crippen molar-refractivity contribution in [2.75, 3.05) is 29.9 Å². The number of aromatic nitrogens is 3. The van der Waals surface area contributed by atoms with Crippen LogP contribution in [0.1, 0.15) is 5.69 Å². The molecule has 3 aromatic rings. The van der Waals surface area contributed by atoms with Crippen LogP contribution >= 0.6 is 0 Å². The first-order valence-corrected chi connectivity index (χ1v) is 7.14. The van der Waals surface area contributed by atoms with Gasteiger partial charge in [0, 0.05) is 32.5 Å². The highest BCUT2D eigenvalue weighted by Gasteiger charge is 2.20. The molecule has 4 rings (SSSR count). The first-order chi connectivity index (χ1) is 10.3. The first kappa shape index (κ1) is 12.2. The van der Waals surface area contributed by atoms with Crippen molar-refractivity contribution in [3.05, 3.63) is 54.7 Å². The van der Waals surface area contributed by atoms with Crippen molar-refractivity contribution >= 4 is 17.0 Å². The van der Waals surface area contributed by atoms with Gasteiger partial charge < -0.3 is 9.80 Å². The summed E-state index contributed by atoms with van der Waals surface area (Å²) >= 11 is 0. The quantitative estimate of drug-likeness (QED) is 0.720. The fourth-order valence-corrected chi connectivity index (χ4v) is 2.94. The van der Waals surface area contributed by atoms with Gasteiger partial charge >= 0.3 is 0 Å². The minimum Gasteiger partial charge on any atom is -0.371 e. The SMILES string of the molecule is CN1CCN(Cc2cnc3cnccn23)c2ccccc21. The van der Waals surface area contributed by atoms with E-state index >= 15 is 0 Å². The molecule has 1 aliphatic heterocycles. The van der Waals surface area contributed by atoms with Crippen LogP contribution in [0.25, 0.3) is 5.65 Å². The number of anilines is 2. The van der Waals surface area contributed by atoms with E-state index in [1.807, 2.05) is 12.4 Å². The van der Waals surface area contributed by atoms with Gasteiger partial charge in [-0.2, -0.15) is 0 Å². The molecule has 3 heterocycles. The minimum absolute atomic E-state index is 0.857. The van der Waals surface area contributed by atoms with Crippen LogP contribution in [0.5, 0.6) is 0 Å². The normalized spacial score (nSPS) is 14.5. The molecule has 0 atom stereocenters. The predicted octanol–water partition coefficient (Wildman–Crippen LogP) is 2.19. The van der Waals surface area contributed by atoms with Gasteiger partial charge in [0.2, 0.25) is 0 Å². The number of benzene rings is 1. The zero-order valence-electron chi connectivity index (χ0n) is 12.0. The van der Waals surface area contributed by atoms with Crippen LogP contribution in [0.2, 0.25) is 0 Å². The molecule has 0 saturated heterocycles. The standard InChI is InChI=1S/C16H17N5/c1-19-8-9-20(15-5-3-2-4-14(15)19)12-13-10-18-16-11-17-6-7-21(13)16/h2-7,10-11H,8-9,12H2,1H3. The van der Waals surface area contributed by atoms with Crippen LogP contribution in [-0.4, -0.2) is 34.5 Å². The molecular formula is C16H17N5. The third kappa shape index (κ3) is 2.01. The van der Waals surface area contributed by atoms with Crippen LogP contribution in [0, 0.1) is 0 Å². The molecule has 0 unspecified atom stereocenters. The number of hydrogen-bond donors (Lipinski definition) is 0. The summed E-state index contributed by atoms with van der Waals surface area (Å²) in [5.41, 5.74) is 4.66. The second-order valence-electron chi connectivity index (χ2n) is 5.39. The van der Waals surface area contributed by atoms with E-state index in [1.165, 1.54) is 17.1 Å². The van der Waals surface area contributed by atoms with Crippen molar-refractivity contribution in [1.29, 1.82) is 0 Å². The Hall–Kier alpha value is -2.56. The summed E-state index contributed by atoms with van der Waals surface area (Å²) in [6.45, 7) is 2.91. The van der Waals surface area contributed by atoms with Gasteiger partial charge in [-0.25, -0.2) is 4.98 Å². The molecule has 1 aromatic carbocycles. The van der Waals surface area contributed by atoms with E-state index in [2.05, 4.69) is 55.5 Å². The molecule has 0 amide bonds. The maximum Gasteiger partial charge on any atom is 0.155 e. The highest BCUT2D eigenvalue weighted by molar-refractivity contribution is 5.73. The number of fused-ring (bicyclic) bond motifs is 2. The summed E-state index contributed by atoms with van der Waals surface area (Å²) in [5, 5.41) is 0. The van der Waals surface area contributed by atoms with Gasteiger partial charge in [-0.3, -0.25) is 9.38 Å². The molecule has 0 saturated carbocycles. The summed E-state index contributed by atoms with van der Waals surface area (Å²) in [6, 6.07) is 8.57. The van der Waals surface area contributed by atoms with Gasteiger partial charge in [0.15, 0.2) is 5.65 Å². The molecular weight excluding hydrogens is 262 g/mol. The maximum atomic E-state index is 4.42. The van der Waals surface area contributed by atoms with Gasteiger partial charge in [-0.1, -0.05) is 12.1 Å². The average Bonchev–Trinajstić information content (AvgIpc) is 2.94. The molecule has 0 radical (unpaired) electrons. The van der Waals surface area contributed by atoms with Crippen molar-refractivity contribution in [2.24, 2.45) is 0 Å². The summed E-state index contributed by atoms with van der Waals surface area (Å²) in [6.07, 6.45) is 7.51. The number of nitrogens with zero attached hydrogens (tertiary/aromatic N) is 5. The van der Waals surface area contributed by atoms with E-state index in [-0.39, 0.29) is 0 Å². The Balaban J connectivity index is 1.71. The summed E-state index contributed by atoms with van der Waals surface area (Å²) in [4.78, 5) is 13.3. The Kier molecular flexibility index (Phi) is 2.77. The molecule has 0 fully saturated rings. The monoisotopic (exact) mass is 279 g/mol. The molecule has 0 N–H and O–H groups in total. The molecule has 21 heavy (non-hydrogen) atoms. The van der Waals surface area contributed by atoms with Gasteiger partial charge in [0.05, 0.1) is 36.0 Å². The Labute approximate surface area is 123 Å². The van der Waals surface area contributed by atoms with Crippen LogP contribution in [0.15, 0.2) is 49.1 Å². The van der Waals surface area contributed by atoms with Crippen LogP contribution < -0.4 is 9.80 Å². The van der Waals surface area contributed by atoms with Crippen molar-refractivity contribution in [3.8, 4) is 0 Å². The van der Waals surface area contributed by atoms with Crippen LogP contribution in [0.4, 0.5) is 11.4 Å². The van der Waals surface area contributed by atoms with Crippen molar-refractivity contribution in [3.63, 3.8) is 0 Å². The van der Waals surface area contributed by atoms with E-state index in [9.17, 15) is 0 Å².